The maximum Gasteiger partial charge on any atom is 0.220 e. The first-order valence-electron chi connectivity index (χ1n) is 13.9. The zero-order chi connectivity index (χ0) is 26.9. The van der Waals surface area contributed by atoms with Gasteiger partial charge in [-0.1, -0.05) is 91.0 Å². The van der Waals surface area contributed by atoms with Gasteiger partial charge < -0.3 is 4.57 Å². The van der Waals surface area contributed by atoms with Gasteiger partial charge >= 0.3 is 0 Å². The van der Waals surface area contributed by atoms with Crippen LogP contribution in [0.1, 0.15) is 0 Å². The molecule has 4 nitrogen and oxygen atoms in total. The summed E-state index contributed by atoms with van der Waals surface area (Å²) in [6.07, 6.45) is 0. The van der Waals surface area contributed by atoms with Gasteiger partial charge in [-0.2, -0.15) is 0 Å². The lowest BCUT2D eigenvalue weighted by atomic mass is 10.1. The highest BCUT2D eigenvalue weighted by Crippen LogP contribution is 2.42. The normalized spacial score (nSPS) is 11.9. The van der Waals surface area contributed by atoms with Crippen LogP contribution in [0.25, 0.3) is 72.0 Å². The fourth-order valence-electron chi connectivity index (χ4n) is 6.57. The molecule has 0 fully saturated rings. The average Bonchev–Trinajstić information content (AvgIpc) is 3.69. The summed E-state index contributed by atoms with van der Waals surface area (Å²) in [5.41, 5.74) is 8.96. The first-order chi connectivity index (χ1) is 20.4. The van der Waals surface area contributed by atoms with Crippen molar-refractivity contribution in [3.05, 3.63) is 146 Å². The summed E-state index contributed by atoms with van der Waals surface area (Å²) >= 11 is 0. The number of hydrogen-bond acceptors (Lipinski definition) is 1. The predicted molar refractivity (Wildman–Crippen MR) is 170 cm³/mol. The third-order valence-electron chi connectivity index (χ3n) is 8.24. The minimum atomic E-state index is 0.882. The van der Waals surface area contributed by atoms with Gasteiger partial charge in [-0.15, -0.1) is 0 Å². The molecule has 3 heterocycles. The second-order valence-electron chi connectivity index (χ2n) is 10.5. The molecular weight excluding hydrogens is 500 g/mol. The summed E-state index contributed by atoms with van der Waals surface area (Å²) in [6, 6.07) is 51.6. The molecule has 0 saturated heterocycles. The van der Waals surface area contributed by atoms with Crippen molar-refractivity contribution in [2.24, 2.45) is 0 Å². The molecule has 0 aliphatic rings. The largest absolute Gasteiger partial charge is 0.309 e. The molecule has 192 valence electrons. The van der Waals surface area contributed by atoms with Crippen LogP contribution >= 0.6 is 0 Å². The SMILES string of the molecule is c1ccc(-n2c(-n3c4ccccc4c4ccc5c(c6ccccc6n5-c5ccccc5)c43)nc3ccccc32)cc1. The van der Waals surface area contributed by atoms with Crippen LogP contribution in [-0.2, 0) is 0 Å². The van der Waals surface area contributed by atoms with Gasteiger partial charge in [-0.25, -0.2) is 4.98 Å². The highest BCUT2D eigenvalue weighted by Gasteiger charge is 2.23. The van der Waals surface area contributed by atoms with E-state index in [1.807, 2.05) is 0 Å². The summed E-state index contributed by atoms with van der Waals surface area (Å²) in [5, 5.41) is 4.89. The van der Waals surface area contributed by atoms with Crippen LogP contribution in [0, 0.1) is 0 Å². The van der Waals surface area contributed by atoms with Crippen LogP contribution < -0.4 is 0 Å². The Bertz CT molecular complexity index is 2410. The van der Waals surface area contributed by atoms with Crippen molar-refractivity contribution < 1.29 is 0 Å². The molecule has 9 aromatic rings. The maximum atomic E-state index is 5.30. The molecule has 4 heteroatoms. The number of para-hydroxylation sites is 6. The van der Waals surface area contributed by atoms with Crippen LogP contribution in [0.5, 0.6) is 0 Å². The van der Waals surface area contributed by atoms with Crippen LogP contribution in [0.3, 0.4) is 0 Å². The second-order valence-corrected chi connectivity index (χ2v) is 10.5. The quantitative estimate of drug-likeness (QED) is 0.226. The van der Waals surface area contributed by atoms with E-state index in [-0.39, 0.29) is 0 Å². The monoisotopic (exact) mass is 524 g/mol. The molecule has 9 rings (SSSR count). The lowest BCUT2D eigenvalue weighted by Crippen LogP contribution is -2.05. The van der Waals surface area contributed by atoms with Crippen molar-refractivity contribution in [3.8, 4) is 17.3 Å². The van der Waals surface area contributed by atoms with E-state index >= 15 is 0 Å². The molecule has 0 aliphatic heterocycles. The van der Waals surface area contributed by atoms with Crippen LogP contribution in [0.15, 0.2) is 146 Å². The molecule has 0 N–H and O–H groups in total. The minimum absolute atomic E-state index is 0.882. The van der Waals surface area contributed by atoms with Gasteiger partial charge in [0.25, 0.3) is 0 Å². The standard InChI is InChI=1S/C37H24N4/c1-3-13-25(14-4-1)39-32-21-11-8-18-29(32)35-34(39)24-23-28-27-17-7-10-20-31(27)41(36(28)35)37-38-30-19-9-12-22-33(30)40(37)26-15-5-2-6-16-26/h1-24H. The van der Waals surface area contributed by atoms with Gasteiger partial charge in [-0.05, 0) is 54.6 Å². The number of aromatic nitrogens is 4. The van der Waals surface area contributed by atoms with Crippen molar-refractivity contribution >= 4 is 54.6 Å². The van der Waals surface area contributed by atoms with Gasteiger partial charge in [0.1, 0.15) is 0 Å². The molecule has 0 aliphatic carbocycles. The molecule has 41 heavy (non-hydrogen) atoms. The van der Waals surface area contributed by atoms with Crippen molar-refractivity contribution in [2.75, 3.05) is 0 Å². The van der Waals surface area contributed by atoms with E-state index in [1.54, 1.807) is 0 Å². The summed E-state index contributed by atoms with van der Waals surface area (Å²) < 4.78 is 7.05. The van der Waals surface area contributed by atoms with Crippen LogP contribution in [0.2, 0.25) is 0 Å². The van der Waals surface area contributed by atoms with E-state index in [4.69, 9.17) is 4.98 Å². The van der Waals surface area contributed by atoms with Gasteiger partial charge in [-0.3, -0.25) is 9.13 Å². The number of hydrogen-bond donors (Lipinski definition) is 0. The number of nitrogens with zero attached hydrogens (tertiary/aromatic N) is 4. The Labute approximate surface area is 235 Å². The number of imidazole rings is 1. The average molecular weight is 525 g/mol. The zero-order valence-electron chi connectivity index (χ0n) is 22.1. The molecular formula is C37H24N4. The number of benzene rings is 6. The fraction of sp³-hybridized carbons (Fsp3) is 0. The van der Waals surface area contributed by atoms with E-state index in [0.29, 0.717) is 0 Å². The lowest BCUT2D eigenvalue weighted by Gasteiger charge is -2.13. The summed E-state index contributed by atoms with van der Waals surface area (Å²) in [7, 11) is 0. The third-order valence-corrected chi connectivity index (χ3v) is 8.24. The molecule has 0 saturated carbocycles. The molecule has 0 bridgehead atoms. The van der Waals surface area contributed by atoms with Gasteiger partial charge in [0, 0.05) is 32.9 Å². The van der Waals surface area contributed by atoms with Crippen molar-refractivity contribution in [1.29, 1.82) is 0 Å². The van der Waals surface area contributed by atoms with E-state index < -0.39 is 0 Å². The minimum Gasteiger partial charge on any atom is -0.309 e. The predicted octanol–water partition coefficient (Wildman–Crippen LogP) is 9.22. The Balaban J connectivity index is 1.53. The van der Waals surface area contributed by atoms with Gasteiger partial charge in [0.05, 0.1) is 33.1 Å². The van der Waals surface area contributed by atoms with E-state index in [9.17, 15) is 0 Å². The summed E-state index contributed by atoms with van der Waals surface area (Å²) in [5.74, 6) is 0.882. The molecule has 3 aromatic heterocycles. The summed E-state index contributed by atoms with van der Waals surface area (Å²) in [4.78, 5) is 5.30. The van der Waals surface area contributed by atoms with Gasteiger partial charge in [0.2, 0.25) is 5.95 Å². The smallest absolute Gasteiger partial charge is 0.220 e. The topological polar surface area (TPSA) is 27.7 Å². The first-order valence-corrected chi connectivity index (χ1v) is 13.9. The van der Waals surface area contributed by atoms with Crippen LogP contribution in [0.4, 0.5) is 0 Å². The number of rotatable bonds is 3. The van der Waals surface area contributed by atoms with E-state index in [2.05, 4.69) is 159 Å². The summed E-state index contributed by atoms with van der Waals surface area (Å²) in [6.45, 7) is 0. The fourth-order valence-corrected chi connectivity index (χ4v) is 6.57. The number of fused-ring (bicyclic) bond motifs is 8. The Morgan fingerprint density at radius 3 is 1.66 bits per heavy atom. The van der Waals surface area contributed by atoms with Crippen LogP contribution in [-0.4, -0.2) is 18.7 Å². The van der Waals surface area contributed by atoms with Crippen molar-refractivity contribution in [3.63, 3.8) is 0 Å². The molecule has 6 aromatic carbocycles. The second kappa shape index (κ2) is 8.44. The molecule has 0 unspecified atom stereocenters. The Morgan fingerprint density at radius 1 is 0.366 bits per heavy atom. The maximum absolute atomic E-state index is 5.30. The molecule has 0 amide bonds. The van der Waals surface area contributed by atoms with Crippen molar-refractivity contribution in [2.45, 2.75) is 0 Å². The Morgan fingerprint density at radius 2 is 0.927 bits per heavy atom. The molecule has 0 spiro atoms. The highest BCUT2D eigenvalue weighted by molar-refractivity contribution is 6.26. The lowest BCUT2D eigenvalue weighted by molar-refractivity contribution is 0.957. The van der Waals surface area contributed by atoms with Crippen molar-refractivity contribution in [1.82, 2.24) is 18.7 Å². The Hall–Kier alpha value is -5.61. The third kappa shape index (κ3) is 3.07. The zero-order valence-corrected chi connectivity index (χ0v) is 22.1. The highest BCUT2D eigenvalue weighted by atomic mass is 15.2. The first kappa shape index (κ1) is 22.2. The Kier molecular flexibility index (Phi) is 4.58. The molecule has 0 atom stereocenters. The molecule has 0 radical (unpaired) electrons. The van der Waals surface area contributed by atoms with E-state index in [1.165, 1.54) is 38.1 Å². The van der Waals surface area contributed by atoms with Gasteiger partial charge in [0.15, 0.2) is 0 Å². The van der Waals surface area contributed by atoms with E-state index in [0.717, 1.165) is 33.9 Å².